The van der Waals surface area contributed by atoms with Crippen molar-refractivity contribution in [2.75, 3.05) is 20.8 Å². The second-order valence-corrected chi connectivity index (χ2v) is 6.57. The minimum atomic E-state index is -1.45. The Morgan fingerprint density at radius 3 is 2.64 bits per heavy atom. The standard InChI is InChI=1S/C20H20O5/c1-23-16-8-7-14(10-17(16)24-2)20(22)15-6-4-3-5-12(15)9-13-11-25-19(21)18(13)20/h3-8,10,13,18,22H,9,11H2,1-2H3/t13-,18+,20+/m0/s1. The van der Waals surface area contributed by atoms with Crippen LogP contribution in [0.5, 0.6) is 11.5 Å². The maximum atomic E-state index is 12.4. The summed E-state index contributed by atoms with van der Waals surface area (Å²) in [5, 5.41) is 11.8. The van der Waals surface area contributed by atoms with Crippen molar-refractivity contribution in [1.29, 1.82) is 0 Å². The van der Waals surface area contributed by atoms with E-state index >= 15 is 0 Å². The van der Waals surface area contributed by atoms with Gasteiger partial charge in [0.1, 0.15) is 11.5 Å². The summed E-state index contributed by atoms with van der Waals surface area (Å²) < 4.78 is 16.0. The molecular weight excluding hydrogens is 320 g/mol. The minimum Gasteiger partial charge on any atom is -0.493 e. The Morgan fingerprint density at radius 2 is 1.88 bits per heavy atom. The molecule has 2 aromatic rings. The lowest BCUT2D eigenvalue weighted by atomic mass is 9.64. The van der Waals surface area contributed by atoms with Crippen LogP contribution in [0.15, 0.2) is 42.5 Å². The number of benzene rings is 2. The van der Waals surface area contributed by atoms with Crippen LogP contribution in [0.3, 0.4) is 0 Å². The molecule has 1 heterocycles. The molecule has 0 unspecified atom stereocenters. The fraction of sp³-hybridized carbons (Fsp3) is 0.350. The summed E-state index contributed by atoms with van der Waals surface area (Å²) in [5.41, 5.74) is 0.944. The zero-order valence-electron chi connectivity index (χ0n) is 14.2. The maximum absolute atomic E-state index is 12.4. The highest BCUT2D eigenvalue weighted by Crippen LogP contribution is 2.50. The van der Waals surface area contributed by atoms with E-state index in [2.05, 4.69) is 0 Å². The van der Waals surface area contributed by atoms with Crippen molar-refractivity contribution in [1.82, 2.24) is 0 Å². The summed E-state index contributed by atoms with van der Waals surface area (Å²) in [6.45, 7) is 0.341. The molecule has 1 aliphatic heterocycles. The Kier molecular flexibility index (Phi) is 3.69. The van der Waals surface area contributed by atoms with Crippen LogP contribution in [-0.4, -0.2) is 31.9 Å². The van der Waals surface area contributed by atoms with Gasteiger partial charge in [0.05, 0.1) is 20.8 Å². The van der Waals surface area contributed by atoms with Gasteiger partial charge in [0.2, 0.25) is 0 Å². The molecule has 5 nitrogen and oxygen atoms in total. The molecular formula is C20H20O5. The van der Waals surface area contributed by atoms with E-state index in [-0.39, 0.29) is 11.9 Å². The zero-order valence-corrected chi connectivity index (χ0v) is 14.2. The first-order valence-electron chi connectivity index (χ1n) is 8.29. The Bertz CT molecular complexity index is 831. The van der Waals surface area contributed by atoms with E-state index in [1.54, 1.807) is 32.4 Å². The molecule has 2 aromatic carbocycles. The van der Waals surface area contributed by atoms with Crippen molar-refractivity contribution in [3.8, 4) is 11.5 Å². The van der Waals surface area contributed by atoms with Crippen molar-refractivity contribution >= 4 is 5.97 Å². The number of esters is 1. The van der Waals surface area contributed by atoms with Crippen molar-refractivity contribution in [2.45, 2.75) is 12.0 Å². The lowest BCUT2D eigenvalue weighted by Crippen LogP contribution is -2.46. The minimum absolute atomic E-state index is 0.0412. The van der Waals surface area contributed by atoms with Gasteiger partial charge in [-0.3, -0.25) is 4.79 Å². The van der Waals surface area contributed by atoms with E-state index in [1.807, 2.05) is 24.3 Å². The van der Waals surface area contributed by atoms with Gasteiger partial charge in [-0.25, -0.2) is 0 Å². The molecule has 0 bridgehead atoms. The Labute approximate surface area is 146 Å². The molecule has 1 fully saturated rings. The van der Waals surface area contributed by atoms with E-state index in [4.69, 9.17) is 14.2 Å². The monoisotopic (exact) mass is 340 g/mol. The number of aliphatic hydroxyl groups is 1. The zero-order chi connectivity index (χ0) is 17.6. The lowest BCUT2D eigenvalue weighted by Gasteiger charge is -2.41. The van der Waals surface area contributed by atoms with Gasteiger partial charge >= 0.3 is 5.97 Å². The fourth-order valence-electron chi connectivity index (χ4n) is 4.18. The average molecular weight is 340 g/mol. The molecule has 0 amide bonds. The molecule has 0 aromatic heterocycles. The van der Waals surface area contributed by atoms with Crippen LogP contribution in [0.1, 0.15) is 16.7 Å². The van der Waals surface area contributed by atoms with Gasteiger partial charge in [0, 0.05) is 5.92 Å². The highest BCUT2D eigenvalue weighted by Gasteiger charge is 2.56. The van der Waals surface area contributed by atoms with E-state index in [1.165, 1.54) is 0 Å². The Balaban J connectivity index is 1.94. The molecule has 1 saturated heterocycles. The van der Waals surface area contributed by atoms with E-state index in [0.29, 0.717) is 23.7 Å². The van der Waals surface area contributed by atoms with Crippen LogP contribution in [0.2, 0.25) is 0 Å². The molecule has 4 rings (SSSR count). The molecule has 130 valence electrons. The first-order chi connectivity index (χ1) is 12.1. The Hall–Kier alpha value is -2.53. The number of carbonyl (C=O) groups excluding carboxylic acids is 1. The predicted molar refractivity (Wildman–Crippen MR) is 90.6 cm³/mol. The normalized spacial score (nSPS) is 27.2. The number of methoxy groups -OCH3 is 2. The number of hydrogen-bond donors (Lipinski definition) is 1. The molecule has 0 saturated carbocycles. The molecule has 1 aliphatic carbocycles. The van der Waals surface area contributed by atoms with Crippen LogP contribution >= 0.6 is 0 Å². The van der Waals surface area contributed by atoms with E-state index < -0.39 is 11.5 Å². The topological polar surface area (TPSA) is 65.0 Å². The number of ether oxygens (including phenoxy) is 3. The molecule has 0 radical (unpaired) electrons. The number of carbonyl (C=O) groups is 1. The van der Waals surface area contributed by atoms with Gasteiger partial charge in [0.25, 0.3) is 0 Å². The van der Waals surface area contributed by atoms with Gasteiger partial charge in [-0.05, 0) is 35.2 Å². The summed E-state index contributed by atoms with van der Waals surface area (Å²) in [4.78, 5) is 12.4. The average Bonchev–Trinajstić information content (AvgIpc) is 3.02. The van der Waals surface area contributed by atoms with Gasteiger partial charge in [-0.1, -0.05) is 30.3 Å². The first kappa shape index (κ1) is 16.0. The molecule has 2 aliphatic rings. The molecule has 25 heavy (non-hydrogen) atoms. The Morgan fingerprint density at radius 1 is 1.12 bits per heavy atom. The molecule has 1 N–H and O–H groups in total. The summed E-state index contributed by atoms with van der Waals surface area (Å²) in [6, 6.07) is 13.0. The van der Waals surface area contributed by atoms with E-state index in [0.717, 1.165) is 17.5 Å². The highest BCUT2D eigenvalue weighted by molar-refractivity contribution is 5.79. The van der Waals surface area contributed by atoms with Crippen LogP contribution in [0, 0.1) is 11.8 Å². The summed E-state index contributed by atoms with van der Waals surface area (Å²) >= 11 is 0. The van der Waals surface area contributed by atoms with Crippen molar-refractivity contribution in [3.63, 3.8) is 0 Å². The fourth-order valence-corrected chi connectivity index (χ4v) is 4.18. The van der Waals surface area contributed by atoms with Crippen LogP contribution in [0.4, 0.5) is 0 Å². The molecule has 5 heteroatoms. The third-order valence-corrected chi connectivity index (χ3v) is 5.35. The SMILES string of the molecule is COc1ccc([C@@]2(O)c3ccccc3C[C@H]3COC(=O)[C@@H]32)cc1OC. The number of rotatable bonds is 3. The molecule has 0 spiro atoms. The van der Waals surface area contributed by atoms with Crippen LogP contribution < -0.4 is 9.47 Å². The summed E-state index contributed by atoms with van der Waals surface area (Å²) in [5.74, 6) is 0.0710. The quantitative estimate of drug-likeness (QED) is 0.869. The number of hydrogen-bond acceptors (Lipinski definition) is 5. The van der Waals surface area contributed by atoms with Gasteiger partial charge in [-0.15, -0.1) is 0 Å². The van der Waals surface area contributed by atoms with Gasteiger partial charge < -0.3 is 19.3 Å². The van der Waals surface area contributed by atoms with Crippen molar-refractivity contribution in [2.24, 2.45) is 11.8 Å². The summed E-state index contributed by atoms with van der Waals surface area (Å²) in [7, 11) is 3.11. The summed E-state index contributed by atoms with van der Waals surface area (Å²) in [6.07, 6.45) is 0.724. The van der Waals surface area contributed by atoms with Gasteiger partial charge in [-0.2, -0.15) is 0 Å². The lowest BCUT2D eigenvalue weighted by molar-refractivity contribution is -0.148. The number of fused-ring (bicyclic) bond motifs is 2. The van der Waals surface area contributed by atoms with Gasteiger partial charge in [0.15, 0.2) is 11.5 Å². The largest absolute Gasteiger partial charge is 0.493 e. The third-order valence-electron chi connectivity index (χ3n) is 5.35. The highest BCUT2D eigenvalue weighted by atomic mass is 16.5. The first-order valence-corrected chi connectivity index (χ1v) is 8.29. The second kappa shape index (κ2) is 5.77. The number of cyclic esters (lactones) is 1. The van der Waals surface area contributed by atoms with Crippen LogP contribution in [-0.2, 0) is 21.6 Å². The molecule has 3 atom stereocenters. The van der Waals surface area contributed by atoms with Crippen LogP contribution in [0.25, 0.3) is 0 Å². The van der Waals surface area contributed by atoms with E-state index in [9.17, 15) is 9.90 Å². The maximum Gasteiger partial charge on any atom is 0.313 e. The third kappa shape index (κ3) is 2.23. The smallest absolute Gasteiger partial charge is 0.313 e. The predicted octanol–water partition coefficient (Wildman–Crippen LogP) is 2.29. The second-order valence-electron chi connectivity index (χ2n) is 6.57. The van der Waals surface area contributed by atoms with Crippen molar-refractivity contribution < 1.29 is 24.1 Å². The van der Waals surface area contributed by atoms with Crippen molar-refractivity contribution in [3.05, 3.63) is 59.2 Å².